The van der Waals surface area contributed by atoms with Gasteiger partial charge < -0.3 is 4.74 Å². The van der Waals surface area contributed by atoms with Gasteiger partial charge in [0.25, 0.3) is 0 Å². The maximum atomic E-state index is 10.7. The Labute approximate surface area is 54.5 Å². The third-order valence-corrected chi connectivity index (χ3v) is 1.65. The summed E-state index contributed by atoms with van der Waals surface area (Å²) in [6, 6.07) is 0. The molecule has 1 rings (SSSR count). The Balaban J connectivity index is 2.33. The van der Waals surface area contributed by atoms with Gasteiger partial charge >= 0.3 is 5.97 Å². The first kappa shape index (κ1) is 6.33. The van der Waals surface area contributed by atoms with Crippen LogP contribution >= 0.6 is 0 Å². The predicted molar refractivity (Wildman–Crippen MR) is 33.8 cm³/mol. The summed E-state index contributed by atoms with van der Waals surface area (Å²) in [7, 11) is 1.42. The highest BCUT2D eigenvalue weighted by molar-refractivity contribution is 5.75. The van der Waals surface area contributed by atoms with E-state index in [0.29, 0.717) is 5.92 Å². The van der Waals surface area contributed by atoms with Gasteiger partial charge in [-0.1, -0.05) is 6.08 Å². The molecule has 1 saturated carbocycles. The molecule has 2 nitrogen and oxygen atoms in total. The highest BCUT2D eigenvalue weighted by Crippen LogP contribution is 2.39. The molecule has 50 valence electrons. The van der Waals surface area contributed by atoms with Crippen molar-refractivity contribution in [2.75, 3.05) is 7.11 Å². The number of hydrogen-bond donors (Lipinski definition) is 0. The Hall–Kier alpha value is -0.790. The fraction of sp³-hybridized carbons (Fsp3) is 0.571. The van der Waals surface area contributed by atoms with Gasteiger partial charge in [-0.25, -0.2) is 0 Å². The van der Waals surface area contributed by atoms with Crippen molar-refractivity contribution in [2.24, 2.45) is 11.8 Å². The SMILES string of the molecule is C=CC1C[C@H]1C(=O)OC. The molecule has 0 aliphatic heterocycles. The van der Waals surface area contributed by atoms with Crippen LogP contribution in [0.5, 0.6) is 0 Å². The van der Waals surface area contributed by atoms with Crippen molar-refractivity contribution in [2.45, 2.75) is 6.42 Å². The first-order valence-electron chi connectivity index (χ1n) is 3.00. The van der Waals surface area contributed by atoms with Gasteiger partial charge in [0.15, 0.2) is 0 Å². The normalized spacial score (nSPS) is 31.2. The number of ether oxygens (including phenoxy) is 1. The third kappa shape index (κ3) is 1.12. The molecular formula is C7H10O2. The van der Waals surface area contributed by atoms with Gasteiger partial charge in [-0.05, 0) is 12.3 Å². The molecule has 0 amide bonds. The molecule has 0 heterocycles. The molecule has 0 aromatic carbocycles. The van der Waals surface area contributed by atoms with Crippen LogP contribution in [0.25, 0.3) is 0 Å². The predicted octanol–water partition coefficient (Wildman–Crippen LogP) is 0.982. The second kappa shape index (κ2) is 2.21. The van der Waals surface area contributed by atoms with Crippen molar-refractivity contribution >= 4 is 5.97 Å². The second-order valence-electron chi connectivity index (χ2n) is 2.26. The summed E-state index contributed by atoms with van der Waals surface area (Å²) in [4.78, 5) is 10.7. The lowest BCUT2D eigenvalue weighted by Crippen LogP contribution is -2.03. The molecule has 1 unspecified atom stereocenters. The summed E-state index contributed by atoms with van der Waals surface area (Å²) >= 11 is 0. The number of esters is 1. The quantitative estimate of drug-likeness (QED) is 0.407. The van der Waals surface area contributed by atoms with Crippen molar-refractivity contribution in [1.82, 2.24) is 0 Å². The van der Waals surface area contributed by atoms with Crippen LogP contribution < -0.4 is 0 Å². The Kier molecular flexibility index (Phi) is 1.56. The molecule has 1 aliphatic rings. The van der Waals surface area contributed by atoms with Gasteiger partial charge in [0, 0.05) is 0 Å². The molecule has 0 saturated heterocycles. The van der Waals surface area contributed by atoms with Crippen LogP contribution in [-0.2, 0) is 9.53 Å². The van der Waals surface area contributed by atoms with Gasteiger partial charge in [-0.3, -0.25) is 4.79 Å². The van der Waals surface area contributed by atoms with E-state index in [1.165, 1.54) is 7.11 Å². The van der Waals surface area contributed by atoms with E-state index in [1.807, 2.05) is 6.08 Å². The van der Waals surface area contributed by atoms with Crippen molar-refractivity contribution in [3.8, 4) is 0 Å². The molecule has 2 heteroatoms. The molecule has 0 aromatic rings. The van der Waals surface area contributed by atoms with Gasteiger partial charge in [0.1, 0.15) is 0 Å². The van der Waals surface area contributed by atoms with Crippen LogP contribution in [0, 0.1) is 11.8 Å². The molecule has 1 aliphatic carbocycles. The maximum absolute atomic E-state index is 10.7. The first-order valence-corrected chi connectivity index (χ1v) is 3.00. The van der Waals surface area contributed by atoms with E-state index < -0.39 is 0 Å². The molecule has 0 radical (unpaired) electrons. The third-order valence-electron chi connectivity index (χ3n) is 1.65. The Morgan fingerprint density at radius 2 is 2.56 bits per heavy atom. The lowest BCUT2D eigenvalue weighted by molar-refractivity contribution is -0.142. The molecule has 2 atom stereocenters. The zero-order valence-corrected chi connectivity index (χ0v) is 5.46. The van der Waals surface area contributed by atoms with E-state index in [9.17, 15) is 4.79 Å². The first-order chi connectivity index (χ1) is 4.29. The molecule has 9 heavy (non-hydrogen) atoms. The van der Waals surface area contributed by atoms with E-state index in [2.05, 4.69) is 11.3 Å². The fourth-order valence-electron chi connectivity index (χ4n) is 0.898. The number of carbonyl (C=O) groups excluding carboxylic acids is 1. The van der Waals surface area contributed by atoms with Gasteiger partial charge in [0.05, 0.1) is 13.0 Å². The number of allylic oxidation sites excluding steroid dienone is 1. The number of methoxy groups -OCH3 is 1. The highest BCUT2D eigenvalue weighted by atomic mass is 16.5. The van der Waals surface area contributed by atoms with Crippen molar-refractivity contribution < 1.29 is 9.53 Å². The largest absolute Gasteiger partial charge is 0.469 e. The molecule has 0 spiro atoms. The minimum Gasteiger partial charge on any atom is -0.469 e. The van der Waals surface area contributed by atoms with Crippen LogP contribution in [-0.4, -0.2) is 13.1 Å². The monoisotopic (exact) mass is 126 g/mol. The van der Waals surface area contributed by atoms with Crippen molar-refractivity contribution in [1.29, 1.82) is 0 Å². The summed E-state index contributed by atoms with van der Waals surface area (Å²) in [5, 5.41) is 0. The average molecular weight is 126 g/mol. The van der Waals surface area contributed by atoms with Crippen LogP contribution in [0.1, 0.15) is 6.42 Å². The zero-order chi connectivity index (χ0) is 6.85. The fourth-order valence-corrected chi connectivity index (χ4v) is 0.898. The minimum absolute atomic E-state index is 0.0973. The minimum atomic E-state index is -0.0973. The topological polar surface area (TPSA) is 26.3 Å². The van der Waals surface area contributed by atoms with E-state index in [1.54, 1.807) is 0 Å². The standard InChI is InChI=1S/C7H10O2/c1-3-5-4-6(5)7(8)9-2/h3,5-6H,1,4H2,2H3/t5?,6-/m1/s1. The van der Waals surface area contributed by atoms with Crippen LogP contribution in [0.15, 0.2) is 12.7 Å². The number of hydrogen-bond acceptors (Lipinski definition) is 2. The summed E-state index contributed by atoms with van der Waals surface area (Å²) in [5.41, 5.74) is 0. The van der Waals surface area contributed by atoms with Crippen LogP contribution in [0.3, 0.4) is 0 Å². The molecule has 0 aromatic heterocycles. The smallest absolute Gasteiger partial charge is 0.309 e. The van der Waals surface area contributed by atoms with Gasteiger partial charge in [-0.15, -0.1) is 6.58 Å². The Bertz CT molecular complexity index is 140. The molecule has 0 N–H and O–H groups in total. The second-order valence-corrected chi connectivity index (χ2v) is 2.26. The number of rotatable bonds is 2. The van der Waals surface area contributed by atoms with Crippen molar-refractivity contribution in [3.63, 3.8) is 0 Å². The summed E-state index contributed by atoms with van der Waals surface area (Å²) in [5.74, 6) is 0.407. The zero-order valence-electron chi connectivity index (χ0n) is 5.46. The van der Waals surface area contributed by atoms with E-state index in [0.717, 1.165) is 6.42 Å². The molecule has 0 bridgehead atoms. The Morgan fingerprint density at radius 1 is 1.89 bits per heavy atom. The van der Waals surface area contributed by atoms with Crippen molar-refractivity contribution in [3.05, 3.63) is 12.7 Å². The van der Waals surface area contributed by atoms with E-state index in [4.69, 9.17) is 0 Å². The lowest BCUT2D eigenvalue weighted by atomic mass is 10.3. The maximum Gasteiger partial charge on any atom is 0.309 e. The van der Waals surface area contributed by atoms with Gasteiger partial charge in [0.2, 0.25) is 0 Å². The summed E-state index contributed by atoms with van der Waals surface area (Å²) in [6.07, 6.45) is 2.73. The summed E-state index contributed by atoms with van der Waals surface area (Å²) < 4.78 is 4.52. The average Bonchev–Trinajstić information content (AvgIpc) is 2.64. The van der Waals surface area contributed by atoms with E-state index in [-0.39, 0.29) is 11.9 Å². The number of carbonyl (C=O) groups is 1. The van der Waals surface area contributed by atoms with Crippen LogP contribution in [0.2, 0.25) is 0 Å². The van der Waals surface area contributed by atoms with Crippen LogP contribution in [0.4, 0.5) is 0 Å². The Morgan fingerprint density at radius 3 is 2.89 bits per heavy atom. The van der Waals surface area contributed by atoms with E-state index >= 15 is 0 Å². The molecular weight excluding hydrogens is 116 g/mol. The van der Waals surface area contributed by atoms with Gasteiger partial charge in [-0.2, -0.15) is 0 Å². The summed E-state index contributed by atoms with van der Waals surface area (Å²) in [6.45, 7) is 3.58. The lowest BCUT2D eigenvalue weighted by Gasteiger charge is -1.92. The molecule has 1 fully saturated rings. The highest BCUT2D eigenvalue weighted by Gasteiger charge is 2.41.